The second-order valence-electron chi connectivity index (χ2n) is 8.80. The van der Waals surface area contributed by atoms with Crippen LogP contribution in [-0.2, 0) is 17.8 Å². The van der Waals surface area contributed by atoms with Crippen LogP contribution in [0.5, 0.6) is 5.75 Å². The van der Waals surface area contributed by atoms with Crippen LogP contribution in [0.3, 0.4) is 0 Å². The second kappa shape index (κ2) is 9.55. The van der Waals surface area contributed by atoms with E-state index in [2.05, 4.69) is 17.4 Å². The van der Waals surface area contributed by atoms with Crippen molar-refractivity contribution < 1.29 is 14.3 Å². The van der Waals surface area contributed by atoms with E-state index >= 15 is 0 Å². The topological polar surface area (TPSA) is 58.6 Å². The molecular weight excluding hydrogens is 444 g/mol. The van der Waals surface area contributed by atoms with Crippen molar-refractivity contribution in [2.24, 2.45) is 0 Å². The zero-order valence-corrected chi connectivity index (χ0v) is 20.2. The molecule has 2 aliphatic heterocycles. The molecular formula is C28H28N2O3S. The summed E-state index contributed by atoms with van der Waals surface area (Å²) in [7, 11) is 1.67. The monoisotopic (exact) mass is 472 g/mol. The number of carbonyl (C=O) groups is 2. The molecule has 3 aromatic carbocycles. The van der Waals surface area contributed by atoms with Crippen molar-refractivity contribution in [3.8, 4) is 5.75 Å². The predicted molar refractivity (Wildman–Crippen MR) is 136 cm³/mol. The molecule has 34 heavy (non-hydrogen) atoms. The van der Waals surface area contributed by atoms with E-state index in [0.29, 0.717) is 13.0 Å². The largest absolute Gasteiger partial charge is 0.497 e. The lowest BCUT2D eigenvalue weighted by molar-refractivity contribution is -0.123. The number of thioether (sulfide) groups is 1. The number of hydrogen-bond donors (Lipinski definition) is 1. The molecule has 2 amide bonds. The van der Waals surface area contributed by atoms with Crippen LogP contribution in [0, 0.1) is 0 Å². The zero-order valence-electron chi connectivity index (χ0n) is 19.4. The number of rotatable bonds is 6. The minimum absolute atomic E-state index is 0.0276. The lowest BCUT2D eigenvalue weighted by atomic mass is 9.94. The summed E-state index contributed by atoms with van der Waals surface area (Å²) in [5.74, 6) is 1.56. The number of benzene rings is 3. The third kappa shape index (κ3) is 4.30. The zero-order chi connectivity index (χ0) is 23.7. The van der Waals surface area contributed by atoms with Crippen molar-refractivity contribution in [3.05, 3.63) is 89.0 Å². The summed E-state index contributed by atoms with van der Waals surface area (Å²) in [5, 5.41) is 3.27. The molecule has 2 heterocycles. The Morgan fingerprint density at radius 3 is 2.65 bits per heavy atom. The average molecular weight is 473 g/mol. The summed E-state index contributed by atoms with van der Waals surface area (Å²) in [6.45, 7) is 2.62. The van der Waals surface area contributed by atoms with E-state index in [0.717, 1.165) is 40.3 Å². The Morgan fingerprint density at radius 1 is 1.12 bits per heavy atom. The summed E-state index contributed by atoms with van der Waals surface area (Å²) in [6.07, 6.45) is 1.52. The number of ether oxygens (including phenoxy) is 1. The first-order chi connectivity index (χ1) is 16.6. The Bertz CT molecular complexity index is 1220. The molecule has 0 saturated heterocycles. The highest BCUT2D eigenvalue weighted by atomic mass is 32.2. The van der Waals surface area contributed by atoms with Gasteiger partial charge in [0.1, 0.15) is 5.75 Å². The number of anilines is 1. The van der Waals surface area contributed by atoms with Crippen LogP contribution >= 0.6 is 11.8 Å². The van der Waals surface area contributed by atoms with E-state index in [1.54, 1.807) is 23.8 Å². The van der Waals surface area contributed by atoms with Gasteiger partial charge in [0.15, 0.2) is 0 Å². The Morgan fingerprint density at radius 2 is 1.91 bits per heavy atom. The van der Waals surface area contributed by atoms with Gasteiger partial charge in [-0.2, -0.15) is 0 Å². The SMILES string of the molecule is CCC(C(=O)NC1CSc2ccc(OC)cc2C1)c1ccc(N2Cc3ccccc3C2=O)cc1. The van der Waals surface area contributed by atoms with E-state index in [1.165, 1.54) is 10.5 Å². The molecule has 2 unspecified atom stereocenters. The number of methoxy groups -OCH3 is 1. The lowest BCUT2D eigenvalue weighted by Crippen LogP contribution is -2.42. The standard InChI is InChI=1S/C28H28N2O3S/c1-3-24(27(31)29-21-14-20-15-23(33-2)12-13-26(20)34-17-21)18-8-10-22(11-9-18)30-16-19-6-4-5-7-25(19)28(30)32/h4-13,15,21,24H,3,14,16-17H2,1-2H3,(H,29,31). The third-order valence-corrected chi connectivity index (χ3v) is 7.95. The maximum Gasteiger partial charge on any atom is 0.258 e. The highest BCUT2D eigenvalue weighted by molar-refractivity contribution is 7.99. The van der Waals surface area contributed by atoms with Crippen molar-refractivity contribution in [2.45, 2.75) is 43.2 Å². The van der Waals surface area contributed by atoms with Crippen molar-refractivity contribution >= 4 is 29.3 Å². The quantitative estimate of drug-likeness (QED) is 0.537. The molecule has 6 heteroatoms. The first-order valence-corrected chi connectivity index (χ1v) is 12.7. The van der Waals surface area contributed by atoms with Gasteiger partial charge in [0.25, 0.3) is 5.91 Å². The van der Waals surface area contributed by atoms with Gasteiger partial charge in [0, 0.05) is 27.9 Å². The molecule has 5 nitrogen and oxygen atoms in total. The molecule has 0 saturated carbocycles. The fourth-order valence-electron chi connectivity index (χ4n) is 4.81. The van der Waals surface area contributed by atoms with Crippen LogP contribution in [0.4, 0.5) is 5.69 Å². The van der Waals surface area contributed by atoms with Crippen LogP contribution in [0.1, 0.15) is 46.3 Å². The molecule has 0 spiro atoms. The second-order valence-corrected chi connectivity index (χ2v) is 9.86. The molecule has 0 aromatic heterocycles. The van der Waals surface area contributed by atoms with Gasteiger partial charge in [-0.05, 0) is 65.9 Å². The first kappa shape index (κ1) is 22.5. The smallest absolute Gasteiger partial charge is 0.258 e. The van der Waals surface area contributed by atoms with E-state index in [1.807, 2.05) is 61.5 Å². The van der Waals surface area contributed by atoms with Gasteiger partial charge in [-0.15, -0.1) is 11.8 Å². The molecule has 2 aliphatic rings. The van der Waals surface area contributed by atoms with Crippen LogP contribution in [0.2, 0.25) is 0 Å². The Labute approximate surface area is 204 Å². The van der Waals surface area contributed by atoms with Gasteiger partial charge in [-0.1, -0.05) is 37.3 Å². The van der Waals surface area contributed by atoms with Crippen LogP contribution in [0.25, 0.3) is 0 Å². The molecule has 0 bridgehead atoms. The van der Waals surface area contributed by atoms with Crippen molar-refractivity contribution in [2.75, 3.05) is 17.8 Å². The van der Waals surface area contributed by atoms with E-state index in [4.69, 9.17) is 4.74 Å². The number of hydrogen-bond acceptors (Lipinski definition) is 4. The Balaban J connectivity index is 1.26. The average Bonchev–Trinajstić information content (AvgIpc) is 3.21. The van der Waals surface area contributed by atoms with Gasteiger partial charge in [-0.25, -0.2) is 0 Å². The highest BCUT2D eigenvalue weighted by Crippen LogP contribution is 2.34. The minimum atomic E-state index is -0.225. The molecule has 0 radical (unpaired) electrons. The van der Waals surface area contributed by atoms with Gasteiger partial charge >= 0.3 is 0 Å². The van der Waals surface area contributed by atoms with E-state index < -0.39 is 0 Å². The third-order valence-electron chi connectivity index (χ3n) is 6.67. The molecule has 3 aromatic rings. The molecule has 2 atom stereocenters. The summed E-state index contributed by atoms with van der Waals surface area (Å²) >= 11 is 1.78. The fraction of sp³-hybridized carbons (Fsp3) is 0.286. The van der Waals surface area contributed by atoms with Crippen molar-refractivity contribution in [3.63, 3.8) is 0 Å². The molecule has 174 valence electrons. The summed E-state index contributed by atoms with van der Waals surface area (Å²) in [6, 6.07) is 21.8. The molecule has 0 fully saturated rings. The van der Waals surface area contributed by atoms with Crippen LogP contribution in [-0.4, -0.2) is 30.7 Å². The number of amides is 2. The minimum Gasteiger partial charge on any atom is -0.497 e. The summed E-state index contributed by atoms with van der Waals surface area (Å²) in [4.78, 5) is 29.0. The van der Waals surface area contributed by atoms with Crippen LogP contribution < -0.4 is 15.0 Å². The summed E-state index contributed by atoms with van der Waals surface area (Å²) in [5.41, 5.74) is 4.86. The summed E-state index contributed by atoms with van der Waals surface area (Å²) < 4.78 is 5.36. The van der Waals surface area contributed by atoms with Crippen molar-refractivity contribution in [1.29, 1.82) is 0 Å². The highest BCUT2D eigenvalue weighted by Gasteiger charge is 2.29. The number of nitrogens with zero attached hydrogens (tertiary/aromatic N) is 1. The van der Waals surface area contributed by atoms with E-state index in [-0.39, 0.29) is 23.8 Å². The van der Waals surface area contributed by atoms with Crippen LogP contribution in [0.15, 0.2) is 71.6 Å². The lowest BCUT2D eigenvalue weighted by Gasteiger charge is -2.27. The number of carbonyl (C=O) groups excluding carboxylic acids is 2. The maximum absolute atomic E-state index is 13.2. The van der Waals surface area contributed by atoms with E-state index in [9.17, 15) is 9.59 Å². The Kier molecular flexibility index (Phi) is 6.33. The van der Waals surface area contributed by atoms with Gasteiger partial charge in [0.2, 0.25) is 5.91 Å². The first-order valence-electron chi connectivity index (χ1n) is 11.7. The van der Waals surface area contributed by atoms with Gasteiger partial charge in [-0.3, -0.25) is 9.59 Å². The Hall–Kier alpha value is -3.25. The number of fused-ring (bicyclic) bond motifs is 2. The van der Waals surface area contributed by atoms with Gasteiger partial charge in [0.05, 0.1) is 19.6 Å². The van der Waals surface area contributed by atoms with Gasteiger partial charge < -0.3 is 15.0 Å². The molecule has 0 aliphatic carbocycles. The molecule has 5 rings (SSSR count). The fourth-order valence-corrected chi connectivity index (χ4v) is 5.89. The number of nitrogens with one attached hydrogen (secondary N) is 1. The normalized spacial score (nSPS) is 17.6. The van der Waals surface area contributed by atoms with Crippen molar-refractivity contribution in [1.82, 2.24) is 5.32 Å². The molecule has 1 N–H and O–H groups in total. The predicted octanol–water partition coefficient (Wildman–Crippen LogP) is 5.18. The maximum atomic E-state index is 13.2.